The van der Waals surface area contributed by atoms with E-state index in [1.165, 1.54) is 24.6 Å². The molecular formula is C27H33N5O2S. The van der Waals surface area contributed by atoms with Crippen LogP contribution in [0.4, 0.5) is 11.6 Å². The fourth-order valence-electron chi connectivity index (χ4n) is 4.48. The van der Waals surface area contributed by atoms with E-state index in [-0.39, 0.29) is 5.91 Å². The third-order valence-electron chi connectivity index (χ3n) is 6.63. The van der Waals surface area contributed by atoms with E-state index in [2.05, 4.69) is 31.9 Å². The van der Waals surface area contributed by atoms with Crippen LogP contribution in [-0.4, -0.2) is 40.4 Å². The summed E-state index contributed by atoms with van der Waals surface area (Å²) < 4.78 is 8.00. The highest BCUT2D eigenvalue weighted by Crippen LogP contribution is 2.45. The van der Waals surface area contributed by atoms with Gasteiger partial charge in [-0.05, 0) is 56.2 Å². The molecule has 2 aliphatic rings. The molecule has 184 valence electrons. The molecule has 1 unspecified atom stereocenters. The van der Waals surface area contributed by atoms with Gasteiger partial charge in [0.05, 0.1) is 12.3 Å². The maximum atomic E-state index is 13.7. The number of carbonyl (C=O) groups is 1. The summed E-state index contributed by atoms with van der Waals surface area (Å²) in [7, 11) is 0. The van der Waals surface area contributed by atoms with Gasteiger partial charge in [0.1, 0.15) is 11.0 Å². The number of piperidine rings is 1. The monoisotopic (exact) mass is 491 g/mol. The molecule has 3 aromatic rings. The lowest BCUT2D eigenvalue weighted by Gasteiger charge is -2.31. The molecule has 35 heavy (non-hydrogen) atoms. The number of thioether (sulfide) groups is 1. The van der Waals surface area contributed by atoms with Gasteiger partial charge in [0.25, 0.3) is 0 Å². The normalized spacial score (nSPS) is 17.3. The molecule has 1 amide bonds. The van der Waals surface area contributed by atoms with Crippen molar-refractivity contribution in [1.82, 2.24) is 14.8 Å². The van der Waals surface area contributed by atoms with E-state index in [0.717, 1.165) is 48.5 Å². The van der Waals surface area contributed by atoms with Gasteiger partial charge in [-0.25, -0.2) is 0 Å². The molecule has 1 aliphatic carbocycles. The Balaban J connectivity index is 1.43. The van der Waals surface area contributed by atoms with E-state index in [1.54, 1.807) is 0 Å². The Morgan fingerprint density at radius 1 is 1.06 bits per heavy atom. The SMILES string of the molecule is CCOc1ccccc1NC(=O)C(Sc1nnc(N2CCC(C)CC2)n1C1CC1)c1ccccc1. The largest absolute Gasteiger partial charge is 0.492 e. The molecule has 1 aliphatic heterocycles. The summed E-state index contributed by atoms with van der Waals surface area (Å²) in [5.74, 6) is 2.27. The Labute approximate surface area is 211 Å². The maximum absolute atomic E-state index is 13.7. The average molecular weight is 492 g/mol. The van der Waals surface area contributed by atoms with Gasteiger partial charge in [0, 0.05) is 19.1 Å². The predicted octanol–water partition coefficient (Wildman–Crippen LogP) is 5.72. The molecule has 1 atom stereocenters. The molecule has 0 bridgehead atoms. The van der Waals surface area contributed by atoms with Crippen LogP contribution in [0.5, 0.6) is 5.75 Å². The average Bonchev–Trinajstić information content (AvgIpc) is 3.64. The lowest BCUT2D eigenvalue weighted by atomic mass is 10.00. The minimum atomic E-state index is -0.471. The van der Waals surface area contributed by atoms with Crippen LogP contribution in [0.15, 0.2) is 59.8 Å². The minimum Gasteiger partial charge on any atom is -0.492 e. The van der Waals surface area contributed by atoms with Crippen LogP contribution in [-0.2, 0) is 4.79 Å². The number of aromatic nitrogens is 3. The fraction of sp³-hybridized carbons (Fsp3) is 0.444. The van der Waals surface area contributed by atoms with Crippen LogP contribution in [0, 0.1) is 5.92 Å². The smallest absolute Gasteiger partial charge is 0.242 e. The zero-order valence-electron chi connectivity index (χ0n) is 20.4. The Kier molecular flexibility index (Phi) is 7.27. The van der Waals surface area contributed by atoms with E-state index < -0.39 is 5.25 Å². The van der Waals surface area contributed by atoms with E-state index in [9.17, 15) is 4.79 Å². The Morgan fingerprint density at radius 2 is 1.77 bits per heavy atom. The van der Waals surface area contributed by atoms with Crippen LogP contribution in [0.1, 0.15) is 56.4 Å². The molecule has 1 N–H and O–H groups in total. The van der Waals surface area contributed by atoms with E-state index in [0.29, 0.717) is 24.1 Å². The van der Waals surface area contributed by atoms with Crippen LogP contribution >= 0.6 is 11.8 Å². The molecule has 1 aromatic heterocycles. The van der Waals surface area contributed by atoms with Crippen LogP contribution < -0.4 is 15.0 Å². The van der Waals surface area contributed by atoms with Gasteiger partial charge in [0.15, 0.2) is 5.16 Å². The first-order valence-electron chi connectivity index (χ1n) is 12.6. The number of rotatable bonds is 9. The number of hydrogen-bond donors (Lipinski definition) is 1. The van der Waals surface area contributed by atoms with Crippen molar-refractivity contribution in [2.24, 2.45) is 5.92 Å². The summed E-state index contributed by atoms with van der Waals surface area (Å²) in [6.45, 7) is 6.80. The van der Waals surface area contributed by atoms with Crippen LogP contribution in [0.25, 0.3) is 0 Å². The number of carbonyl (C=O) groups excluding carboxylic acids is 1. The quantitative estimate of drug-likeness (QED) is 0.386. The highest BCUT2D eigenvalue weighted by Gasteiger charge is 2.35. The van der Waals surface area contributed by atoms with Gasteiger partial charge in [-0.1, -0.05) is 61.2 Å². The number of para-hydroxylation sites is 2. The Bertz CT molecular complexity index is 1140. The van der Waals surface area contributed by atoms with Crippen molar-refractivity contribution < 1.29 is 9.53 Å². The van der Waals surface area contributed by atoms with Gasteiger partial charge in [0.2, 0.25) is 11.9 Å². The summed E-state index contributed by atoms with van der Waals surface area (Å²) in [6, 6.07) is 17.9. The first-order chi connectivity index (χ1) is 17.1. The van der Waals surface area contributed by atoms with Gasteiger partial charge in [-0.2, -0.15) is 0 Å². The number of amides is 1. The summed E-state index contributed by atoms with van der Waals surface area (Å²) in [5.41, 5.74) is 1.61. The molecule has 7 nitrogen and oxygen atoms in total. The van der Waals surface area contributed by atoms with Crippen molar-refractivity contribution in [3.8, 4) is 5.75 Å². The number of benzene rings is 2. The van der Waals surface area contributed by atoms with Crippen LogP contribution in [0.2, 0.25) is 0 Å². The first kappa shape index (κ1) is 23.7. The molecule has 0 radical (unpaired) electrons. The number of anilines is 2. The molecular weight excluding hydrogens is 458 g/mol. The molecule has 2 fully saturated rings. The third-order valence-corrected chi connectivity index (χ3v) is 7.84. The van der Waals surface area contributed by atoms with Crippen LogP contribution in [0.3, 0.4) is 0 Å². The fourth-order valence-corrected chi connectivity index (χ4v) is 5.58. The van der Waals surface area contributed by atoms with E-state index in [1.807, 2.05) is 61.5 Å². The highest BCUT2D eigenvalue weighted by atomic mass is 32.2. The summed E-state index contributed by atoms with van der Waals surface area (Å²) in [4.78, 5) is 16.0. The minimum absolute atomic E-state index is 0.105. The first-order valence-corrected chi connectivity index (χ1v) is 13.5. The molecule has 5 rings (SSSR count). The van der Waals surface area contributed by atoms with Crippen molar-refractivity contribution in [1.29, 1.82) is 0 Å². The molecule has 2 heterocycles. The zero-order valence-corrected chi connectivity index (χ0v) is 21.2. The second kappa shape index (κ2) is 10.7. The number of nitrogens with one attached hydrogen (secondary N) is 1. The Morgan fingerprint density at radius 3 is 2.49 bits per heavy atom. The Hall–Kier alpha value is -3.00. The van der Waals surface area contributed by atoms with Crippen molar-refractivity contribution in [2.45, 2.75) is 56.0 Å². The maximum Gasteiger partial charge on any atom is 0.242 e. The van der Waals surface area contributed by atoms with E-state index >= 15 is 0 Å². The molecule has 0 spiro atoms. The van der Waals surface area contributed by atoms with Gasteiger partial charge in [-0.3, -0.25) is 9.36 Å². The number of hydrogen-bond acceptors (Lipinski definition) is 6. The topological polar surface area (TPSA) is 72.3 Å². The number of ether oxygens (including phenoxy) is 1. The predicted molar refractivity (Wildman–Crippen MR) is 140 cm³/mol. The van der Waals surface area contributed by atoms with Crippen molar-refractivity contribution in [2.75, 3.05) is 29.9 Å². The lowest BCUT2D eigenvalue weighted by Crippen LogP contribution is -2.34. The van der Waals surface area contributed by atoms with Gasteiger partial charge in [-0.15, -0.1) is 10.2 Å². The second-order valence-corrected chi connectivity index (χ2v) is 10.5. The van der Waals surface area contributed by atoms with Crippen molar-refractivity contribution in [3.63, 3.8) is 0 Å². The summed E-state index contributed by atoms with van der Waals surface area (Å²) >= 11 is 1.48. The molecule has 1 saturated carbocycles. The summed E-state index contributed by atoms with van der Waals surface area (Å²) in [6.07, 6.45) is 4.61. The highest BCUT2D eigenvalue weighted by molar-refractivity contribution is 8.00. The lowest BCUT2D eigenvalue weighted by molar-refractivity contribution is -0.115. The molecule has 2 aromatic carbocycles. The van der Waals surface area contributed by atoms with E-state index in [4.69, 9.17) is 4.74 Å². The molecule has 8 heteroatoms. The van der Waals surface area contributed by atoms with Crippen molar-refractivity contribution in [3.05, 3.63) is 60.2 Å². The third kappa shape index (κ3) is 5.48. The number of nitrogens with zero attached hydrogens (tertiary/aromatic N) is 4. The summed E-state index contributed by atoms with van der Waals surface area (Å²) in [5, 5.41) is 12.7. The molecule has 1 saturated heterocycles. The second-order valence-electron chi connectivity index (χ2n) is 9.38. The van der Waals surface area contributed by atoms with Crippen molar-refractivity contribution >= 4 is 29.3 Å². The van der Waals surface area contributed by atoms with Gasteiger partial charge < -0.3 is 15.0 Å². The van der Waals surface area contributed by atoms with Gasteiger partial charge >= 0.3 is 0 Å². The zero-order chi connectivity index (χ0) is 24.2. The standard InChI is InChI=1S/C27H33N5O2S/c1-3-34-23-12-8-7-11-22(23)28-25(33)24(20-9-5-4-6-10-20)35-27-30-29-26(32(27)21-13-14-21)31-17-15-19(2)16-18-31/h4-12,19,21,24H,3,13-18H2,1-2H3,(H,28,33).